The van der Waals surface area contributed by atoms with Crippen molar-refractivity contribution in [1.29, 1.82) is 5.26 Å². The summed E-state index contributed by atoms with van der Waals surface area (Å²) < 4.78 is 1.52. The molecule has 0 aliphatic rings. The van der Waals surface area contributed by atoms with Crippen molar-refractivity contribution < 1.29 is 4.79 Å². The quantitative estimate of drug-likeness (QED) is 0.682. The normalized spacial score (nSPS) is 9.00. The second kappa shape index (κ2) is 3.53. The van der Waals surface area contributed by atoms with Crippen molar-refractivity contribution in [3.05, 3.63) is 12.3 Å². The van der Waals surface area contributed by atoms with Crippen LogP contribution in [0, 0.1) is 11.3 Å². The summed E-state index contributed by atoms with van der Waals surface area (Å²) in [6.07, 6.45) is 1.44. The van der Waals surface area contributed by atoms with Crippen molar-refractivity contribution in [3.63, 3.8) is 0 Å². The highest BCUT2D eigenvalue weighted by Gasteiger charge is 2.02. The fourth-order valence-corrected chi connectivity index (χ4v) is 0.755. The van der Waals surface area contributed by atoms with Gasteiger partial charge in [-0.3, -0.25) is 9.48 Å². The van der Waals surface area contributed by atoms with Crippen LogP contribution < -0.4 is 5.32 Å². The fraction of sp³-hybridized carbons (Fsp3) is 0.286. The molecule has 1 N–H and O–H groups in total. The van der Waals surface area contributed by atoms with E-state index in [0.717, 1.165) is 0 Å². The first-order valence-electron chi connectivity index (χ1n) is 3.39. The van der Waals surface area contributed by atoms with Gasteiger partial charge in [0, 0.05) is 13.1 Å². The van der Waals surface area contributed by atoms with Crippen LogP contribution in [0.1, 0.15) is 6.42 Å². The SMILES string of the molecule is Cn1nccc1NC(=O)CC#N. The van der Waals surface area contributed by atoms with E-state index in [4.69, 9.17) is 5.26 Å². The highest BCUT2D eigenvalue weighted by molar-refractivity contribution is 5.91. The van der Waals surface area contributed by atoms with Crippen LogP contribution in [0.15, 0.2) is 12.3 Å². The average Bonchev–Trinajstić information content (AvgIpc) is 2.37. The van der Waals surface area contributed by atoms with Gasteiger partial charge in [-0.05, 0) is 0 Å². The lowest BCUT2D eigenvalue weighted by Gasteiger charge is -2.00. The standard InChI is InChI=1S/C7H8N4O/c1-11-6(3-5-9-11)10-7(12)2-4-8/h3,5H,2H2,1H3,(H,10,12). The molecular formula is C7H8N4O. The summed E-state index contributed by atoms with van der Waals surface area (Å²) in [4.78, 5) is 10.9. The molecule has 0 atom stereocenters. The Bertz CT molecular complexity index is 322. The van der Waals surface area contributed by atoms with E-state index in [1.54, 1.807) is 25.4 Å². The Balaban J connectivity index is 2.59. The van der Waals surface area contributed by atoms with E-state index in [-0.39, 0.29) is 12.3 Å². The number of nitriles is 1. The topological polar surface area (TPSA) is 70.7 Å². The Hall–Kier alpha value is -1.83. The first-order chi connectivity index (χ1) is 5.74. The number of carbonyl (C=O) groups is 1. The van der Waals surface area contributed by atoms with E-state index < -0.39 is 0 Å². The van der Waals surface area contributed by atoms with Gasteiger partial charge in [0.15, 0.2) is 0 Å². The summed E-state index contributed by atoms with van der Waals surface area (Å²) in [5, 5.41) is 14.6. The first-order valence-corrected chi connectivity index (χ1v) is 3.39. The van der Waals surface area contributed by atoms with Crippen LogP contribution >= 0.6 is 0 Å². The van der Waals surface area contributed by atoms with Gasteiger partial charge in [-0.1, -0.05) is 0 Å². The molecule has 1 aromatic heterocycles. The van der Waals surface area contributed by atoms with Gasteiger partial charge < -0.3 is 5.32 Å². The number of aromatic nitrogens is 2. The third-order valence-corrected chi connectivity index (χ3v) is 1.33. The first kappa shape index (κ1) is 8.27. The lowest BCUT2D eigenvalue weighted by molar-refractivity contribution is -0.115. The van der Waals surface area contributed by atoms with E-state index in [2.05, 4.69) is 10.4 Å². The van der Waals surface area contributed by atoms with Crippen molar-refractivity contribution in [3.8, 4) is 6.07 Å². The predicted octanol–water partition coefficient (Wildman–Crippen LogP) is 0.272. The monoisotopic (exact) mass is 164 g/mol. The van der Waals surface area contributed by atoms with Crippen LogP contribution in [0.2, 0.25) is 0 Å². The number of aryl methyl sites for hydroxylation is 1. The maximum atomic E-state index is 10.9. The molecule has 62 valence electrons. The number of rotatable bonds is 2. The molecule has 0 radical (unpaired) electrons. The second-order valence-corrected chi connectivity index (χ2v) is 2.22. The summed E-state index contributed by atoms with van der Waals surface area (Å²) in [6.45, 7) is 0. The zero-order valence-corrected chi connectivity index (χ0v) is 6.61. The summed E-state index contributed by atoms with van der Waals surface area (Å²) >= 11 is 0. The Morgan fingerprint density at radius 1 is 1.92 bits per heavy atom. The van der Waals surface area contributed by atoms with Crippen molar-refractivity contribution >= 4 is 11.7 Å². The molecule has 1 heterocycles. The van der Waals surface area contributed by atoms with E-state index >= 15 is 0 Å². The number of carbonyl (C=O) groups excluding carboxylic acids is 1. The molecule has 5 heteroatoms. The molecule has 0 bridgehead atoms. The van der Waals surface area contributed by atoms with Gasteiger partial charge in [-0.25, -0.2) is 0 Å². The smallest absolute Gasteiger partial charge is 0.239 e. The summed E-state index contributed by atoms with van der Waals surface area (Å²) in [5.74, 6) is 0.274. The van der Waals surface area contributed by atoms with E-state index in [1.165, 1.54) is 4.68 Å². The van der Waals surface area contributed by atoms with Crippen LogP contribution in [0.5, 0.6) is 0 Å². The van der Waals surface area contributed by atoms with Crippen LogP contribution in [-0.2, 0) is 11.8 Å². The predicted molar refractivity (Wildman–Crippen MR) is 42.1 cm³/mol. The van der Waals surface area contributed by atoms with Gasteiger partial charge in [-0.15, -0.1) is 0 Å². The minimum Gasteiger partial charge on any atom is -0.310 e. The number of anilines is 1. The molecule has 12 heavy (non-hydrogen) atoms. The lowest BCUT2D eigenvalue weighted by atomic mass is 10.4. The van der Waals surface area contributed by atoms with E-state index in [1.807, 2.05) is 0 Å². The number of hydrogen-bond acceptors (Lipinski definition) is 3. The largest absolute Gasteiger partial charge is 0.310 e. The molecule has 0 aliphatic heterocycles. The molecule has 0 fully saturated rings. The van der Waals surface area contributed by atoms with Crippen LogP contribution in [0.4, 0.5) is 5.82 Å². The molecule has 0 saturated carbocycles. The minimum absolute atomic E-state index is 0.134. The molecule has 0 saturated heterocycles. The van der Waals surface area contributed by atoms with Gasteiger partial charge >= 0.3 is 0 Å². The zero-order valence-electron chi connectivity index (χ0n) is 6.61. The van der Waals surface area contributed by atoms with Gasteiger partial charge in [-0.2, -0.15) is 10.4 Å². The third-order valence-electron chi connectivity index (χ3n) is 1.33. The molecule has 1 rings (SSSR count). The molecule has 1 amide bonds. The maximum Gasteiger partial charge on any atom is 0.239 e. The number of nitrogens with zero attached hydrogens (tertiary/aromatic N) is 3. The molecule has 0 aliphatic carbocycles. The molecule has 0 aromatic carbocycles. The van der Waals surface area contributed by atoms with Gasteiger partial charge in [0.05, 0.1) is 12.3 Å². The number of amides is 1. The van der Waals surface area contributed by atoms with Crippen LogP contribution in [0.25, 0.3) is 0 Å². The maximum absolute atomic E-state index is 10.9. The van der Waals surface area contributed by atoms with Crippen molar-refractivity contribution in [2.45, 2.75) is 6.42 Å². The van der Waals surface area contributed by atoms with E-state index in [9.17, 15) is 4.79 Å². The van der Waals surface area contributed by atoms with Crippen LogP contribution in [0.3, 0.4) is 0 Å². The second-order valence-electron chi connectivity index (χ2n) is 2.22. The Morgan fingerprint density at radius 3 is 3.17 bits per heavy atom. The number of nitrogens with one attached hydrogen (secondary N) is 1. The average molecular weight is 164 g/mol. The summed E-state index contributed by atoms with van der Waals surface area (Å²) in [6, 6.07) is 3.42. The highest BCUT2D eigenvalue weighted by atomic mass is 16.1. The van der Waals surface area contributed by atoms with Gasteiger partial charge in [0.1, 0.15) is 12.2 Å². The van der Waals surface area contributed by atoms with Crippen molar-refractivity contribution in [2.24, 2.45) is 7.05 Å². The number of hydrogen-bond donors (Lipinski definition) is 1. The summed E-state index contributed by atoms with van der Waals surface area (Å²) in [7, 11) is 1.71. The molecule has 1 aromatic rings. The summed E-state index contributed by atoms with van der Waals surface area (Å²) in [5.41, 5.74) is 0. The van der Waals surface area contributed by atoms with Gasteiger partial charge in [0.2, 0.25) is 5.91 Å². The Kier molecular flexibility index (Phi) is 2.43. The lowest BCUT2D eigenvalue weighted by Crippen LogP contribution is -2.13. The third kappa shape index (κ3) is 1.83. The van der Waals surface area contributed by atoms with Crippen LogP contribution in [-0.4, -0.2) is 15.7 Å². The zero-order chi connectivity index (χ0) is 8.97. The molecule has 0 unspecified atom stereocenters. The van der Waals surface area contributed by atoms with Gasteiger partial charge in [0.25, 0.3) is 0 Å². The molecular weight excluding hydrogens is 156 g/mol. The molecule has 5 nitrogen and oxygen atoms in total. The fourth-order valence-electron chi connectivity index (χ4n) is 0.755. The Morgan fingerprint density at radius 2 is 2.67 bits per heavy atom. The Labute approximate surface area is 69.6 Å². The van der Waals surface area contributed by atoms with Crippen molar-refractivity contribution in [2.75, 3.05) is 5.32 Å². The highest BCUT2D eigenvalue weighted by Crippen LogP contribution is 2.02. The minimum atomic E-state index is -0.318. The molecule has 0 spiro atoms. The van der Waals surface area contributed by atoms with Crippen molar-refractivity contribution in [1.82, 2.24) is 9.78 Å². The van der Waals surface area contributed by atoms with E-state index in [0.29, 0.717) is 5.82 Å².